The number of aromatic nitrogens is 2. The van der Waals surface area contributed by atoms with Crippen molar-refractivity contribution >= 4 is 33.3 Å². The molecule has 2 aromatic carbocycles. The standard InChI is InChI=1S/C22H20N2OS2/c1-14-11-15(2)18(16(3)12-14)13-27-22-23-19-9-10-26-20(19)21(25)24(22)17-7-5-4-6-8-17/h4-12H,13H2,1-3H3. The van der Waals surface area contributed by atoms with Crippen molar-refractivity contribution in [3.8, 4) is 5.69 Å². The van der Waals surface area contributed by atoms with Gasteiger partial charge in [0.2, 0.25) is 0 Å². The minimum Gasteiger partial charge on any atom is -0.267 e. The van der Waals surface area contributed by atoms with Gasteiger partial charge in [-0.05, 0) is 61.0 Å². The van der Waals surface area contributed by atoms with E-state index in [1.807, 2.05) is 41.8 Å². The fourth-order valence-corrected chi connectivity index (χ4v) is 5.34. The van der Waals surface area contributed by atoms with Gasteiger partial charge in [-0.3, -0.25) is 9.36 Å². The first kappa shape index (κ1) is 18.0. The number of fused-ring (bicyclic) bond motifs is 1. The molecule has 0 spiro atoms. The first-order valence-corrected chi connectivity index (χ1v) is 10.7. The van der Waals surface area contributed by atoms with E-state index in [2.05, 4.69) is 32.9 Å². The molecule has 27 heavy (non-hydrogen) atoms. The molecule has 0 aliphatic carbocycles. The maximum absolute atomic E-state index is 13.1. The molecule has 4 aromatic rings. The molecule has 2 aromatic heterocycles. The van der Waals surface area contributed by atoms with E-state index in [0.717, 1.165) is 22.1 Å². The number of nitrogens with zero attached hydrogens (tertiary/aromatic N) is 2. The van der Waals surface area contributed by atoms with Gasteiger partial charge in [-0.2, -0.15) is 0 Å². The van der Waals surface area contributed by atoms with Gasteiger partial charge in [0.05, 0.1) is 11.2 Å². The highest BCUT2D eigenvalue weighted by atomic mass is 32.2. The number of aryl methyl sites for hydroxylation is 3. The maximum Gasteiger partial charge on any atom is 0.276 e. The van der Waals surface area contributed by atoms with Gasteiger partial charge in [0.1, 0.15) is 4.70 Å². The molecule has 3 nitrogen and oxygen atoms in total. The Morgan fingerprint density at radius 1 is 1.04 bits per heavy atom. The van der Waals surface area contributed by atoms with Crippen LogP contribution < -0.4 is 5.56 Å². The Bertz CT molecular complexity index is 1150. The molecule has 0 saturated carbocycles. The number of hydrogen-bond donors (Lipinski definition) is 0. The minimum atomic E-state index is 0.000972. The van der Waals surface area contributed by atoms with Crippen LogP contribution in [-0.4, -0.2) is 9.55 Å². The summed E-state index contributed by atoms with van der Waals surface area (Å²) in [7, 11) is 0. The summed E-state index contributed by atoms with van der Waals surface area (Å²) in [5, 5.41) is 2.66. The van der Waals surface area contributed by atoms with Crippen molar-refractivity contribution in [1.82, 2.24) is 9.55 Å². The molecular weight excluding hydrogens is 372 g/mol. The van der Waals surface area contributed by atoms with Crippen LogP contribution in [0.4, 0.5) is 0 Å². The van der Waals surface area contributed by atoms with Crippen LogP contribution in [0.2, 0.25) is 0 Å². The monoisotopic (exact) mass is 392 g/mol. The van der Waals surface area contributed by atoms with Crippen molar-refractivity contribution in [2.45, 2.75) is 31.7 Å². The van der Waals surface area contributed by atoms with Crippen molar-refractivity contribution in [3.05, 3.63) is 86.5 Å². The Hall–Kier alpha value is -2.37. The Kier molecular flexibility index (Phi) is 4.89. The van der Waals surface area contributed by atoms with E-state index in [1.54, 1.807) is 16.3 Å². The van der Waals surface area contributed by atoms with Crippen LogP contribution in [0.1, 0.15) is 22.3 Å². The van der Waals surface area contributed by atoms with Gasteiger partial charge in [0.15, 0.2) is 5.16 Å². The van der Waals surface area contributed by atoms with E-state index in [0.29, 0.717) is 4.70 Å². The molecule has 5 heteroatoms. The van der Waals surface area contributed by atoms with Gasteiger partial charge in [0.25, 0.3) is 5.56 Å². The van der Waals surface area contributed by atoms with Crippen LogP contribution in [0.3, 0.4) is 0 Å². The lowest BCUT2D eigenvalue weighted by Crippen LogP contribution is -2.20. The van der Waals surface area contributed by atoms with Crippen LogP contribution in [0.5, 0.6) is 0 Å². The fraction of sp³-hybridized carbons (Fsp3) is 0.182. The second-order valence-electron chi connectivity index (χ2n) is 6.67. The zero-order valence-electron chi connectivity index (χ0n) is 15.5. The number of rotatable bonds is 4. The molecule has 0 radical (unpaired) electrons. The Labute approximate surface area is 166 Å². The summed E-state index contributed by atoms with van der Waals surface area (Å²) in [6.45, 7) is 6.42. The fourth-order valence-electron chi connectivity index (χ4n) is 3.37. The van der Waals surface area contributed by atoms with Crippen molar-refractivity contribution < 1.29 is 0 Å². The van der Waals surface area contributed by atoms with Gasteiger partial charge in [-0.25, -0.2) is 4.98 Å². The van der Waals surface area contributed by atoms with Crippen LogP contribution in [0, 0.1) is 20.8 Å². The molecule has 136 valence electrons. The number of hydrogen-bond acceptors (Lipinski definition) is 4. The number of thioether (sulfide) groups is 1. The van der Waals surface area contributed by atoms with E-state index in [1.165, 1.54) is 33.6 Å². The Morgan fingerprint density at radius 2 is 1.74 bits per heavy atom. The predicted molar refractivity (Wildman–Crippen MR) is 115 cm³/mol. The summed E-state index contributed by atoms with van der Waals surface area (Å²) in [6, 6.07) is 16.1. The van der Waals surface area contributed by atoms with Gasteiger partial charge in [-0.1, -0.05) is 47.7 Å². The molecule has 0 amide bonds. The Morgan fingerprint density at radius 3 is 2.44 bits per heavy atom. The average Bonchev–Trinajstić information content (AvgIpc) is 3.10. The van der Waals surface area contributed by atoms with Crippen molar-refractivity contribution in [3.63, 3.8) is 0 Å². The third kappa shape index (κ3) is 3.45. The molecule has 0 atom stereocenters. The van der Waals surface area contributed by atoms with Crippen LogP contribution in [0.25, 0.3) is 15.9 Å². The van der Waals surface area contributed by atoms with Crippen molar-refractivity contribution in [2.24, 2.45) is 0 Å². The molecule has 0 bridgehead atoms. The zero-order chi connectivity index (χ0) is 19.0. The quantitative estimate of drug-likeness (QED) is 0.332. The SMILES string of the molecule is Cc1cc(C)c(CSc2nc3ccsc3c(=O)n2-c2ccccc2)c(C)c1. The van der Waals surface area contributed by atoms with Gasteiger partial charge < -0.3 is 0 Å². The highest BCUT2D eigenvalue weighted by molar-refractivity contribution is 7.98. The first-order valence-electron chi connectivity index (χ1n) is 8.80. The maximum atomic E-state index is 13.1. The van der Waals surface area contributed by atoms with Gasteiger partial charge in [0, 0.05) is 5.75 Å². The summed E-state index contributed by atoms with van der Waals surface area (Å²) in [6.07, 6.45) is 0. The number of thiophene rings is 1. The summed E-state index contributed by atoms with van der Waals surface area (Å²) in [4.78, 5) is 17.9. The summed E-state index contributed by atoms with van der Waals surface area (Å²) in [5.74, 6) is 0.785. The van der Waals surface area contributed by atoms with Crippen molar-refractivity contribution in [1.29, 1.82) is 0 Å². The first-order chi connectivity index (χ1) is 13.0. The molecule has 2 heterocycles. The zero-order valence-corrected chi connectivity index (χ0v) is 17.2. The molecule has 0 aliphatic rings. The highest BCUT2D eigenvalue weighted by Crippen LogP contribution is 2.28. The van der Waals surface area contributed by atoms with E-state index in [9.17, 15) is 4.79 Å². The second kappa shape index (κ2) is 7.33. The van der Waals surface area contributed by atoms with E-state index in [4.69, 9.17) is 4.98 Å². The molecule has 0 fully saturated rings. The lowest BCUT2D eigenvalue weighted by atomic mass is 10.0. The summed E-state index contributed by atoms with van der Waals surface area (Å²) in [5.41, 5.74) is 6.78. The van der Waals surface area contributed by atoms with Crippen LogP contribution in [-0.2, 0) is 5.75 Å². The molecular formula is C22H20N2OS2. The predicted octanol–water partition coefficient (Wildman–Crippen LogP) is 5.66. The molecule has 0 N–H and O–H groups in total. The molecule has 0 unspecified atom stereocenters. The lowest BCUT2D eigenvalue weighted by molar-refractivity contribution is 0.822. The number of benzene rings is 2. The molecule has 0 saturated heterocycles. The van der Waals surface area contributed by atoms with E-state index >= 15 is 0 Å². The van der Waals surface area contributed by atoms with Crippen LogP contribution >= 0.6 is 23.1 Å². The highest BCUT2D eigenvalue weighted by Gasteiger charge is 2.15. The smallest absolute Gasteiger partial charge is 0.267 e. The van der Waals surface area contributed by atoms with Crippen molar-refractivity contribution in [2.75, 3.05) is 0 Å². The Balaban J connectivity index is 1.81. The molecule has 4 rings (SSSR count). The van der Waals surface area contributed by atoms with E-state index < -0.39 is 0 Å². The third-order valence-corrected chi connectivity index (χ3v) is 6.51. The van der Waals surface area contributed by atoms with E-state index in [-0.39, 0.29) is 5.56 Å². The third-order valence-electron chi connectivity index (χ3n) is 4.65. The molecule has 0 aliphatic heterocycles. The van der Waals surface area contributed by atoms with Gasteiger partial charge >= 0.3 is 0 Å². The second-order valence-corrected chi connectivity index (χ2v) is 8.53. The summed E-state index contributed by atoms with van der Waals surface area (Å²) >= 11 is 3.07. The minimum absolute atomic E-state index is 0.000972. The normalized spacial score (nSPS) is 11.2. The topological polar surface area (TPSA) is 34.9 Å². The number of para-hydroxylation sites is 1. The van der Waals surface area contributed by atoms with Gasteiger partial charge in [-0.15, -0.1) is 11.3 Å². The largest absolute Gasteiger partial charge is 0.276 e. The summed E-state index contributed by atoms with van der Waals surface area (Å²) < 4.78 is 2.44. The van der Waals surface area contributed by atoms with Crippen LogP contribution in [0.15, 0.2) is 63.9 Å². The lowest BCUT2D eigenvalue weighted by Gasteiger charge is -2.14. The average molecular weight is 393 g/mol.